The number of nitrogens with zero attached hydrogens (tertiary/aromatic N) is 3. The summed E-state index contributed by atoms with van der Waals surface area (Å²) in [5, 5.41) is 6.32. The summed E-state index contributed by atoms with van der Waals surface area (Å²) in [6, 6.07) is 3.83. The number of hydrogen-bond acceptors (Lipinski definition) is 3. The van der Waals surface area contributed by atoms with Gasteiger partial charge in [0.25, 0.3) is 0 Å². The minimum Gasteiger partial charge on any atom is -0.349 e. The molecular weight excluding hydrogens is 276 g/mol. The Hall–Kier alpha value is -1.60. The molecule has 3 rings (SSSR count). The number of sulfonamides is 1. The minimum atomic E-state index is -3.51. The molecular formula is C13H18N4O2S. The highest BCUT2D eigenvalue weighted by molar-refractivity contribution is 7.89. The molecule has 3 heterocycles. The second-order valence-electron chi connectivity index (χ2n) is 5.37. The molecule has 0 spiro atoms. The zero-order chi connectivity index (χ0) is 14.3. The molecule has 20 heavy (non-hydrogen) atoms. The molecule has 0 radical (unpaired) electrons. The van der Waals surface area contributed by atoms with Crippen molar-refractivity contribution in [1.29, 1.82) is 0 Å². The zero-order valence-corrected chi connectivity index (χ0v) is 12.3. The van der Waals surface area contributed by atoms with Crippen molar-refractivity contribution in [2.24, 2.45) is 5.92 Å². The molecule has 1 atom stereocenters. The van der Waals surface area contributed by atoms with Crippen molar-refractivity contribution in [3.05, 3.63) is 36.4 Å². The topological polar surface area (TPSA) is 71.0 Å². The van der Waals surface area contributed by atoms with Crippen molar-refractivity contribution in [2.45, 2.75) is 31.3 Å². The molecule has 1 aliphatic heterocycles. The summed E-state index contributed by atoms with van der Waals surface area (Å²) in [5.74, 6) is 0.200. The fourth-order valence-electron chi connectivity index (χ4n) is 2.85. The average Bonchev–Trinajstić information content (AvgIpc) is 3.08. The molecule has 0 aromatic carbocycles. The van der Waals surface area contributed by atoms with Crippen LogP contribution in [0.3, 0.4) is 0 Å². The highest BCUT2D eigenvalue weighted by atomic mass is 32.2. The van der Waals surface area contributed by atoms with Gasteiger partial charge in [0.05, 0.1) is 12.2 Å². The van der Waals surface area contributed by atoms with E-state index in [0.717, 1.165) is 5.69 Å². The largest absolute Gasteiger partial charge is 0.349 e. The molecule has 108 valence electrons. The van der Waals surface area contributed by atoms with Crippen molar-refractivity contribution < 1.29 is 8.42 Å². The predicted octanol–water partition coefficient (Wildman–Crippen LogP) is 1.61. The maximum absolute atomic E-state index is 12.8. The third kappa shape index (κ3) is 1.97. The van der Waals surface area contributed by atoms with E-state index in [1.165, 1.54) is 12.4 Å². The maximum atomic E-state index is 12.8. The summed E-state index contributed by atoms with van der Waals surface area (Å²) in [7, 11) is -3.51. The summed E-state index contributed by atoms with van der Waals surface area (Å²) in [6.45, 7) is 5.26. The Morgan fingerprint density at radius 2 is 2.20 bits per heavy atom. The summed E-state index contributed by atoms with van der Waals surface area (Å²) in [6.07, 6.45) is 4.80. The molecule has 1 N–H and O–H groups in total. The van der Waals surface area contributed by atoms with Crippen molar-refractivity contribution in [1.82, 2.24) is 19.1 Å². The Labute approximate surface area is 118 Å². The third-order valence-electron chi connectivity index (χ3n) is 3.75. The van der Waals surface area contributed by atoms with Crippen LogP contribution in [-0.2, 0) is 16.6 Å². The number of nitrogens with one attached hydrogen (secondary N) is 1. The summed E-state index contributed by atoms with van der Waals surface area (Å²) in [5.41, 5.74) is 1.05. The van der Waals surface area contributed by atoms with Gasteiger partial charge in [0.15, 0.2) is 0 Å². The van der Waals surface area contributed by atoms with Gasteiger partial charge in [0.1, 0.15) is 4.90 Å². The Morgan fingerprint density at radius 1 is 1.40 bits per heavy atom. The lowest BCUT2D eigenvalue weighted by Gasteiger charge is -2.38. The molecule has 0 fully saturated rings. The standard InChI is InChI=1S/C13H18N4O2S/c1-10(2)13-12-4-3-5-16(12)6-7-17(13)20(18,19)11-8-14-15-9-11/h3-5,8-10,13H,6-7H2,1-2H3,(H,14,15)/t13-/m1/s1. The van der Waals surface area contributed by atoms with Crippen LogP contribution in [0.1, 0.15) is 25.6 Å². The average molecular weight is 294 g/mol. The van der Waals surface area contributed by atoms with Crippen LogP contribution in [-0.4, -0.2) is 34.0 Å². The highest BCUT2D eigenvalue weighted by Crippen LogP contribution is 2.36. The third-order valence-corrected chi connectivity index (χ3v) is 5.60. The smallest absolute Gasteiger partial charge is 0.246 e. The Kier molecular flexibility index (Phi) is 3.18. The van der Waals surface area contributed by atoms with Crippen molar-refractivity contribution in [2.75, 3.05) is 6.54 Å². The van der Waals surface area contributed by atoms with Gasteiger partial charge in [-0.3, -0.25) is 5.10 Å². The van der Waals surface area contributed by atoms with Crippen LogP contribution in [0.25, 0.3) is 0 Å². The molecule has 0 amide bonds. The minimum absolute atomic E-state index is 0.140. The lowest BCUT2D eigenvalue weighted by molar-refractivity contribution is 0.215. The molecule has 1 aliphatic rings. The van der Waals surface area contributed by atoms with Crippen molar-refractivity contribution in [3.63, 3.8) is 0 Å². The van der Waals surface area contributed by atoms with Gasteiger partial charge in [0.2, 0.25) is 10.0 Å². The number of aromatic nitrogens is 3. The van der Waals surface area contributed by atoms with Gasteiger partial charge in [-0.1, -0.05) is 13.8 Å². The van der Waals surface area contributed by atoms with Crippen molar-refractivity contribution in [3.8, 4) is 0 Å². The van der Waals surface area contributed by atoms with Gasteiger partial charge in [-0.05, 0) is 18.1 Å². The monoisotopic (exact) mass is 294 g/mol. The number of aromatic amines is 1. The van der Waals surface area contributed by atoms with Crippen LogP contribution in [0.15, 0.2) is 35.6 Å². The molecule has 0 saturated carbocycles. The fraction of sp³-hybridized carbons (Fsp3) is 0.462. The molecule has 0 saturated heterocycles. The van der Waals surface area contributed by atoms with Gasteiger partial charge in [0, 0.05) is 31.2 Å². The van der Waals surface area contributed by atoms with Crippen LogP contribution in [0.4, 0.5) is 0 Å². The van der Waals surface area contributed by atoms with Crippen LogP contribution in [0, 0.1) is 5.92 Å². The highest BCUT2D eigenvalue weighted by Gasteiger charge is 2.38. The van der Waals surface area contributed by atoms with Crippen LogP contribution >= 0.6 is 0 Å². The van der Waals surface area contributed by atoms with Crippen molar-refractivity contribution >= 4 is 10.0 Å². The second-order valence-corrected chi connectivity index (χ2v) is 7.26. The number of rotatable bonds is 3. The first-order valence-corrected chi connectivity index (χ1v) is 8.11. The van der Waals surface area contributed by atoms with Gasteiger partial charge in [-0.25, -0.2) is 8.42 Å². The lowest BCUT2D eigenvalue weighted by atomic mass is 9.99. The number of hydrogen-bond donors (Lipinski definition) is 1. The van der Waals surface area contributed by atoms with E-state index in [0.29, 0.717) is 13.1 Å². The van der Waals surface area contributed by atoms with E-state index >= 15 is 0 Å². The zero-order valence-electron chi connectivity index (χ0n) is 11.5. The lowest BCUT2D eigenvalue weighted by Crippen LogP contribution is -2.43. The summed E-state index contributed by atoms with van der Waals surface area (Å²) in [4.78, 5) is 0.225. The quantitative estimate of drug-likeness (QED) is 0.935. The second kappa shape index (κ2) is 4.75. The van der Waals surface area contributed by atoms with E-state index < -0.39 is 10.0 Å². The first kappa shape index (κ1) is 13.4. The van der Waals surface area contributed by atoms with Crippen LogP contribution < -0.4 is 0 Å². The SMILES string of the molecule is CC(C)[C@@H]1c2cccn2CCN1S(=O)(=O)c1cn[nH]c1. The molecule has 7 heteroatoms. The Bertz CT molecular complexity index is 688. The molecule has 2 aromatic rings. The molecule has 0 unspecified atom stereocenters. The molecule has 0 bridgehead atoms. The maximum Gasteiger partial charge on any atom is 0.246 e. The molecule has 2 aromatic heterocycles. The Balaban J connectivity index is 2.06. The number of fused-ring (bicyclic) bond motifs is 1. The summed E-state index contributed by atoms with van der Waals surface area (Å²) < 4.78 is 29.2. The predicted molar refractivity (Wildman–Crippen MR) is 74.5 cm³/mol. The molecule has 6 nitrogen and oxygen atoms in total. The van der Waals surface area contributed by atoms with Gasteiger partial charge >= 0.3 is 0 Å². The van der Waals surface area contributed by atoms with Gasteiger partial charge < -0.3 is 4.57 Å². The van der Waals surface area contributed by atoms with Gasteiger partial charge in [-0.15, -0.1) is 0 Å². The number of H-pyrrole nitrogens is 1. The van der Waals surface area contributed by atoms with E-state index in [9.17, 15) is 8.42 Å². The van der Waals surface area contributed by atoms with E-state index in [1.54, 1.807) is 4.31 Å². The van der Waals surface area contributed by atoms with E-state index in [4.69, 9.17) is 0 Å². The van der Waals surface area contributed by atoms with E-state index in [2.05, 4.69) is 14.8 Å². The van der Waals surface area contributed by atoms with E-state index in [1.807, 2.05) is 32.2 Å². The van der Waals surface area contributed by atoms with E-state index in [-0.39, 0.29) is 16.9 Å². The Morgan fingerprint density at radius 3 is 2.85 bits per heavy atom. The van der Waals surface area contributed by atoms with Gasteiger partial charge in [-0.2, -0.15) is 9.40 Å². The first-order valence-electron chi connectivity index (χ1n) is 6.67. The van der Waals surface area contributed by atoms with Crippen LogP contribution in [0.5, 0.6) is 0 Å². The van der Waals surface area contributed by atoms with Crippen LogP contribution in [0.2, 0.25) is 0 Å². The first-order chi connectivity index (χ1) is 9.51. The summed E-state index contributed by atoms with van der Waals surface area (Å²) >= 11 is 0. The molecule has 0 aliphatic carbocycles. The normalized spacial score (nSPS) is 20.2. The fourth-order valence-corrected chi connectivity index (χ4v) is 4.48.